The molecule has 1 aromatic heterocycles. The van der Waals surface area contributed by atoms with E-state index in [1.54, 1.807) is 0 Å². The Bertz CT molecular complexity index is 1880. The summed E-state index contributed by atoms with van der Waals surface area (Å²) in [5.74, 6) is 0.863. The number of likely N-dealkylation sites (N-methyl/N-ethyl adjacent to an activating group) is 1. The van der Waals surface area contributed by atoms with Crippen molar-refractivity contribution in [2.75, 3.05) is 62.3 Å². The molecule has 0 radical (unpaired) electrons. The van der Waals surface area contributed by atoms with Crippen LogP contribution in [0.4, 0.5) is 22.1 Å². The first kappa shape index (κ1) is 32.5. The zero-order chi connectivity index (χ0) is 33.6. The van der Waals surface area contributed by atoms with Gasteiger partial charge in [0.1, 0.15) is 0 Å². The van der Waals surface area contributed by atoms with Gasteiger partial charge in [0.15, 0.2) is 0 Å². The Balaban J connectivity index is 0.997. The van der Waals surface area contributed by atoms with Gasteiger partial charge >= 0.3 is 6.03 Å². The minimum atomic E-state index is -0.259. The first-order chi connectivity index (χ1) is 24.0. The van der Waals surface area contributed by atoms with Crippen molar-refractivity contribution in [3.8, 4) is 22.4 Å². The van der Waals surface area contributed by atoms with Gasteiger partial charge in [0.05, 0.1) is 5.69 Å². The maximum Gasteiger partial charge on any atom is 0.323 e. The minimum absolute atomic E-state index is 0.172. The summed E-state index contributed by atoms with van der Waals surface area (Å²) in [5, 5.41) is 9.59. The lowest BCUT2D eigenvalue weighted by Gasteiger charge is -2.32. The van der Waals surface area contributed by atoms with Crippen LogP contribution in [-0.4, -0.2) is 72.1 Å². The second kappa shape index (κ2) is 15.0. The van der Waals surface area contributed by atoms with E-state index in [-0.39, 0.29) is 11.9 Å². The molecule has 3 N–H and O–H groups in total. The number of anilines is 3. The maximum absolute atomic E-state index is 13.1. The fourth-order valence-electron chi connectivity index (χ4n) is 6.99. The van der Waals surface area contributed by atoms with Crippen LogP contribution in [0.25, 0.3) is 22.4 Å². The highest BCUT2D eigenvalue weighted by atomic mass is 16.2. The van der Waals surface area contributed by atoms with Crippen LogP contribution in [0.15, 0.2) is 103 Å². The van der Waals surface area contributed by atoms with E-state index in [0.717, 1.165) is 103 Å². The van der Waals surface area contributed by atoms with Gasteiger partial charge in [0.2, 0.25) is 5.95 Å². The molecule has 1 aliphatic carbocycles. The molecule has 1 unspecified atom stereocenters. The number of carbonyl (C=O) groups is 1. The van der Waals surface area contributed by atoms with Crippen molar-refractivity contribution in [3.05, 3.63) is 126 Å². The van der Waals surface area contributed by atoms with Crippen LogP contribution in [-0.2, 0) is 12.8 Å². The molecule has 5 aromatic rings. The van der Waals surface area contributed by atoms with E-state index >= 15 is 0 Å². The first-order valence-electron chi connectivity index (χ1n) is 17.5. The fourth-order valence-corrected chi connectivity index (χ4v) is 6.99. The predicted molar refractivity (Wildman–Crippen MR) is 200 cm³/mol. The van der Waals surface area contributed by atoms with E-state index in [9.17, 15) is 4.79 Å². The molecule has 1 atom stereocenters. The molecule has 4 aromatic carbocycles. The van der Waals surface area contributed by atoms with E-state index in [1.165, 1.54) is 11.1 Å². The second-order valence-electron chi connectivity index (χ2n) is 13.1. The van der Waals surface area contributed by atoms with E-state index in [2.05, 4.69) is 100 Å². The van der Waals surface area contributed by atoms with Crippen LogP contribution >= 0.6 is 0 Å². The topological polar surface area (TPSA) is 85.4 Å². The molecule has 2 aliphatic rings. The molecule has 1 aliphatic heterocycles. The number of piperazine rings is 1. The van der Waals surface area contributed by atoms with Crippen molar-refractivity contribution in [2.45, 2.75) is 32.1 Å². The second-order valence-corrected chi connectivity index (χ2v) is 13.1. The Hall–Kier alpha value is -5.05. The molecule has 0 spiro atoms. The predicted octanol–water partition coefficient (Wildman–Crippen LogP) is 7.75. The van der Waals surface area contributed by atoms with Gasteiger partial charge in [-0.15, -0.1) is 0 Å². The molecule has 250 valence electrons. The Kier molecular flexibility index (Phi) is 9.96. The summed E-state index contributed by atoms with van der Waals surface area (Å²) in [4.78, 5) is 27.8. The van der Waals surface area contributed by atoms with Gasteiger partial charge in [-0.05, 0) is 84.4 Å². The standard InChI is InChI=1S/C41H45N7O/c1-3-29-14-15-32(30-10-5-4-6-11-30)27-38(29)45-41(49)44-34-18-16-31(17-19-34)37-26-33-28-43-40(46-39(33)36-13-8-7-12-35(36)37)42-20-9-21-48-24-22-47(2)23-25-48/h4-8,10-19,27-28,37H,3,9,20-26H2,1-2H3,(H,42,43,46)(H2,44,45,49). The van der Waals surface area contributed by atoms with Crippen molar-refractivity contribution in [1.82, 2.24) is 19.8 Å². The van der Waals surface area contributed by atoms with E-state index < -0.39 is 0 Å². The lowest BCUT2D eigenvalue weighted by molar-refractivity contribution is 0.154. The molecule has 7 rings (SSSR count). The number of urea groups is 1. The average molecular weight is 652 g/mol. The SMILES string of the molecule is CCc1ccc(-c2ccccc2)cc1NC(=O)Nc1ccc(C2Cc3cnc(NCCCN4CCN(C)CC4)nc3-c3ccccc32)cc1. The molecular formula is C41H45N7O. The summed E-state index contributed by atoms with van der Waals surface area (Å²) >= 11 is 0. The number of nitrogens with one attached hydrogen (secondary N) is 3. The molecule has 1 fully saturated rings. The van der Waals surface area contributed by atoms with Crippen molar-refractivity contribution >= 4 is 23.4 Å². The molecule has 1 saturated heterocycles. The van der Waals surface area contributed by atoms with E-state index in [0.29, 0.717) is 5.95 Å². The number of hydrogen-bond acceptors (Lipinski definition) is 6. The van der Waals surface area contributed by atoms with Crippen LogP contribution in [0.3, 0.4) is 0 Å². The monoisotopic (exact) mass is 651 g/mol. The number of fused-ring (bicyclic) bond motifs is 3. The van der Waals surface area contributed by atoms with Crippen LogP contribution in [0.5, 0.6) is 0 Å². The summed E-state index contributed by atoms with van der Waals surface area (Å²) in [7, 11) is 2.19. The number of nitrogens with zero attached hydrogens (tertiary/aromatic N) is 4. The van der Waals surface area contributed by atoms with E-state index in [4.69, 9.17) is 9.97 Å². The van der Waals surface area contributed by atoms with Crippen LogP contribution in [0.1, 0.15) is 41.5 Å². The minimum Gasteiger partial charge on any atom is -0.354 e. The Morgan fingerprint density at radius 3 is 2.43 bits per heavy atom. The Morgan fingerprint density at radius 1 is 0.857 bits per heavy atom. The number of aromatic nitrogens is 2. The van der Waals surface area contributed by atoms with E-state index in [1.807, 2.05) is 42.6 Å². The van der Waals surface area contributed by atoms with Gasteiger partial charge in [-0.2, -0.15) is 0 Å². The third kappa shape index (κ3) is 7.66. The molecule has 0 saturated carbocycles. The molecule has 8 nitrogen and oxygen atoms in total. The van der Waals surface area contributed by atoms with Crippen molar-refractivity contribution in [3.63, 3.8) is 0 Å². The summed E-state index contributed by atoms with van der Waals surface area (Å²) in [5.41, 5.74) is 10.6. The third-order valence-electron chi connectivity index (χ3n) is 9.83. The molecule has 2 amide bonds. The Labute approximate surface area is 289 Å². The largest absolute Gasteiger partial charge is 0.354 e. The summed E-state index contributed by atoms with van der Waals surface area (Å²) < 4.78 is 0. The quantitative estimate of drug-likeness (QED) is 0.134. The lowest BCUT2D eigenvalue weighted by Crippen LogP contribution is -2.44. The van der Waals surface area contributed by atoms with Crippen molar-refractivity contribution in [2.24, 2.45) is 0 Å². The fraction of sp³-hybridized carbons (Fsp3) is 0.293. The van der Waals surface area contributed by atoms with Crippen LogP contribution in [0, 0.1) is 0 Å². The molecular weight excluding hydrogens is 606 g/mol. The molecule has 2 heterocycles. The number of carbonyl (C=O) groups excluding carboxylic acids is 1. The maximum atomic E-state index is 13.1. The summed E-state index contributed by atoms with van der Waals surface area (Å²) in [6.07, 6.45) is 4.70. The smallest absolute Gasteiger partial charge is 0.323 e. The van der Waals surface area contributed by atoms with Gasteiger partial charge in [0.25, 0.3) is 0 Å². The summed E-state index contributed by atoms with van der Waals surface area (Å²) in [6, 6.07) is 33.0. The molecule has 8 heteroatoms. The Morgan fingerprint density at radius 2 is 1.63 bits per heavy atom. The molecule has 49 heavy (non-hydrogen) atoms. The van der Waals surface area contributed by atoms with Crippen LogP contribution in [0.2, 0.25) is 0 Å². The van der Waals surface area contributed by atoms with Gasteiger partial charge in [0, 0.05) is 61.8 Å². The molecule has 0 bridgehead atoms. The van der Waals surface area contributed by atoms with Gasteiger partial charge in [-0.3, -0.25) is 0 Å². The van der Waals surface area contributed by atoms with Gasteiger partial charge < -0.3 is 25.8 Å². The van der Waals surface area contributed by atoms with Crippen molar-refractivity contribution in [1.29, 1.82) is 0 Å². The third-order valence-corrected chi connectivity index (χ3v) is 9.83. The van der Waals surface area contributed by atoms with Gasteiger partial charge in [-0.25, -0.2) is 14.8 Å². The number of benzene rings is 4. The number of hydrogen-bond donors (Lipinski definition) is 3. The number of amides is 2. The van der Waals surface area contributed by atoms with Crippen molar-refractivity contribution < 1.29 is 4.79 Å². The zero-order valence-corrected chi connectivity index (χ0v) is 28.5. The summed E-state index contributed by atoms with van der Waals surface area (Å²) in [6.45, 7) is 8.62. The lowest BCUT2D eigenvalue weighted by atomic mass is 9.78. The normalized spacial score (nSPS) is 16.0. The first-order valence-corrected chi connectivity index (χ1v) is 17.5. The average Bonchev–Trinajstić information content (AvgIpc) is 3.14. The highest BCUT2D eigenvalue weighted by molar-refractivity contribution is 6.00. The number of aryl methyl sites for hydroxylation is 1. The highest BCUT2D eigenvalue weighted by Gasteiger charge is 2.27. The van der Waals surface area contributed by atoms with Crippen LogP contribution < -0.4 is 16.0 Å². The van der Waals surface area contributed by atoms with Gasteiger partial charge in [-0.1, -0.05) is 85.8 Å². The highest BCUT2D eigenvalue weighted by Crippen LogP contribution is 2.42. The number of rotatable bonds is 10. The zero-order valence-electron chi connectivity index (χ0n) is 28.5.